The van der Waals surface area contributed by atoms with Gasteiger partial charge in [-0.2, -0.15) is 5.10 Å². The number of benzene rings is 1. The van der Waals surface area contributed by atoms with Gasteiger partial charge in [0.2, 0.25) is 0 Å². The van der Waals surface area contributed by atoms with Crippen molar-refractivity contribution >= 4 is 34.5 Å². The van der Waals surface area contributed by atoms with Crippen molar-refractivity contribution in [3.8, 4) is 0 Å². The summed E-state index contributed by atoms with van der Waals surface area (Å²) in [5.41, 5.74) is 1.19. The molecule has 3 aromatic rings. The summed E-state index contributed by atoms with van der Waals surface area (Å²) in [6, 6.07) is 3.89. The molecule has 2 N–H and O–H groups in total. The number of halogens is 4. The van der Waals surface area contributed by atoms with E-state index in [9.17, 15) is 17.6 Å². The molecule has 1 aliphatic carbocycles. The van der Waals surface area contributed by atoms with Gasteiger partial charge in [-0.3, -0.25) is 0 Å². The van der Waals surface area contributed by atoms with Crippen LogP contribution in [0.1, 0.15) is 30.9 Å². The zero-order valence-electron chi connectivity index (χ0n) is 16.2. The van der Waals surface area contributed by atoms with Gasteiger partial charge < -0.3 is 15.5 Å². The fourth-order valence-electron chi connectivity index (χ4n) is 3.93. The smallest absolute Gasteiger partial charge is 0.270 e. The molecular formula is C20H18F4N6S. The Hall–Kier alpha value is -2.95. The first kappa shape index (κ1) is 20.0. The summed E-state index contributed by atoms with van der Waals surface area (Å²) < 4.78 is 55.8. The Morgan fingerprint density at radius 2 is 2.03 bits per heavy atom. The van der Waals surface area contributed by atoms with E-state index in [-0.39, 0.29) is 17.6 Å². The highest BCUT2D eigenvalue weighted by atomic mass is 32.1. The van der Waals surface area contributed by atoms with Gasteiger partial charge in [0, 0.05) is 24.7 Å². The number of rotatable bonds is 4. The molecule has 11 heteroatoms. The highest BCUT2D eigenvalue weighted by molar-refractivity contribution is 7.80. The zero-order valence-corrected chi connectivity index (χ0v) is 17.0. The molecule has 162 valence electrons. The van der Waals surface area contributed by atoms with Crippen molar-refractivity contribution in [1.82, 2.24) is 19.9 Å². The van der Waals surface area contributed by atoms with Gasteiger partial charge in [-0.1, -0.05) is 0 Å². The predicted octanol–water partition coefficient (Wildman–Crippen LogP) is 4.04. The molecule has 31 heavy (non-hydrogen) atoms. The van der Waals surface area contributed by atoms with E-state index in [2.05, 4.69) is 20.7 Å². The molecule has 0 spiro atoms. The van der Waals surface area contributed by atoms with Crippen LogP contribution in [0.2, 0.25) is 0 Å². The minimum Gasteiger partial charge on any atom is -0.353 e. The Morgan fingerprint density at radius 3 is 2.81 bits per heavy atom. The molecule has 6 nitrogen and oxygen atoms in total. The van der Waals surface area contributed by atoms with E-state index in [0.717, 1.165) is 18.6 Å². The van der Waals surface area contributed by atoms with E-state index < -0.39 is 23.6 Å². The summed E-state index contributed by atoms with van der Waals surface area (Å²) >= 11 is 5.13. The number of hydrogen-bond donors (Lipinski definition) is 2. The highest BCUT2D eigenvalue weighted by Crippen LogP contribution is 2.41. The first-order valence-corrected chi connectivity index (χ1v) is 10.2. The predicted molar refractivity (Wildman–Crippen MR) is 111 cm³/mol. The number of nitrogens with zero attached hydrogens (tertiary/aromatic N) is 4. The lowest BCUT2D eigenvalue weighted by Gasteiger charge is -2.26. The molecule has 2 atom stereocenters. The molecule has 0 amide bonds. The second-order valence-corrected chi connectivity index (χ2v) is 8.15. The SMILES string of the molecule is Fc1ccc(F)c([C@H]2CCCN2c2ccn3ncc(NC(=S)NC4CC4(F)F)c3n2)c1. The van der Waals surface area contributed by atoms with Crippen molar-refractivity contribution in [2.24, 2.45) is 0 Å². The minimum absolute atomic E-state index is 0.0603. The van der Waals surface area contributed by atoms with Crippen LogP contribution in [0.25, 0.3) is 5.65 Å². The quantitative estimate of drug-likeness (QED) is 0.462. The molecule has 2 aliphatic rings. The van der Waals surface area contributed by atoms with Crippen LogP contribution in [0.3, 0.4) is 0 Å². The molecule has 0 radical (unpaired) electrons. The van der Waals surface area contributed by atoms with Gasteiger partial charge in [0.05, 0.1) is 18.3 Å². The van der Waals surface area contributed by atoms with Crippen LogP contribution in [-0.2, 0) is 0 Å². The van der Waals surface area contributed by atoms with Crippen LogP contribution in [0, 0.1) is 11.6 Å². The number of nitrogens with one attached hydrogen (secondary N) is 2. The lowest BCUT2D eigenvalue weighted by Crippen LogP contribution is -2.33. The maximum absolute atomic E-state index is 14.4. The van der Waals surface area contributed by atoms with Crippen molar-refractivity contribution in [3.63, 3.8) is 0 Å². The van der Waals surface area contributed by atoms with Crippen LogP contribution >= 0.6 is 12.2 Å². The summed E-state index contributed by atoms with van der Waals surface area (Å²) in [6.07, 6.45) is 4.42. The topological polar surface area (TPSA) is 57.5 Å². The Kier molecular flexibility index (Phi) is 4.72. The van der Waals surface area contributed by atoms with Crippen LogP contribution in [-0.4, -0.2) is 38.2 Å². The van der Waals surface area contributed by atoms with E-state index in [1.54, 1.807) is 12.3 Å². The molecule has 1 saturated carbocycles. The van der Waals surface area contributed by atoms with Crippen molar-refractivity contribution < 1.29 is 17.6 Å². The highest BCUT2D eigenvalue weighted by Gasteiger charge is 2.57. The number of aromatic nitrogens is 3. The van der Waals surface area contributed by atoms with E-state index in [1.807, 2.05) is 4.90 Å². The fraction of sp³-hybridized carbons (Fsp3) is 0.350. The zero-order chi connectivity index (χ0) is 21.8. The molecule has 1 unspecified atom stereocenters. The third-order valence-corrected chi connectivity index (χ3v) is 5.82. The van der Waals surface area contributed by atoms with E-state index >= 15 is 0 Å². The lowest BCUT2D eigenvalue weighted by atomic mass is 10.0. The molecule has 0 bridgehead atoms. The minimum atomic E-state index is -2.74. The van der Waals surface area contributed by atoms with Gasteiger partial charge in [-0.15, -0.1) is 0 Å². The van der Waals surface area contributed by atoms with Gasteiger partial charge in [0.25, 0.3) is 5.92 Å². The summed E-state index contributed by atoms with van der Waals surface area (Å²) in [5, 5.41) is 9.69. The Bertz CT molecular complexity index is 1170. The number of hydrogen-bond acceptors (Lipinski definition) is 4. The van der Waals surface area contributed by atoms with E-state index in [0.29, 0.717) is 35.7 Å². The number of anilines is 2. The average Bonchev–Trinajstić information content (AvgIpc) is 3.09. The molecule has 2 aromatic heterocycles. The van der Waals surface area contributed by atoms with Crippen molar-refractivity contribution in [3.05, 3.63) is 53.9 Å². The van der Waals surface area contributed by atoms with Gasteiger partial charge in [0.1, 0.15) is 23.1 Å². The summed E-state index contributed by atoms with van der Waals surface area (Å²) in [5.74, 6) is -3.11. The molecule has 2 fully saturated rings. The second-order valence-electron chi connectivity index (χ2n) is 7.75. The monoisotopic (exact) mass is 450 g/mol. The first-order chi connectivity index (χ1) is 14.8. The van der Waals surface area contributed by atoms with Gasteiger partial charge >= 0.3 is 0 Å². The second kappa shape index (κ2) is 7.33. The van der Waals surface area contributed by atoms with Crippen molar-refractivity contribution in [2.75, 3.05) is 16.8 Å². The summed E-state index contributed by atoms with van der Waals surface area (Å²) in [7, 11) is 0. The van der Waals surface area contributed by atoms with E-state index in [4.69, 9.17) is 12.2 Å². The van der Waals surface area contributed by atoms with Gasteiger partial charge in [-0.05, 0) is 49.3 Å². The Morgan fingerprint density at radius 1 is 1.23 bits per heavy atom. The summed E-state index contributed by atoms with van der Waals surface area (Å²) in [6.45, 7) is 0.636. The molecule has 1 saturated heterocycles. The van der Waals surface area contributed by atoms with Crippen LogP contribution in [0.5, 0.6) is 0 Å². The van der Waals surface area contributed by atoms with Gasteiger partial charge in [0.15, 0.2) is 10.8 Å². The molecule has 5 rings (SSSR count). The third kappa shape index (κ3) is 3.78. The normalized spacial score (nSPS) is 22.0. The van der Waals surface area contributed by atoms with Gasteiger partial charge in [-0.25, -0.2) is 27.1 Å². The Labute approximate surface area is 180 Å². The first-order valence-electron chi connectivity index (χ1n) is 9.83. The third-order valence-electron chi connectivity index (χ3n) is 5.60. The van der Waals surface area contributed by atoms with Crippen LogP contribution in [0.4, 0.5) is 29.1 Å². The standard InChI is InChI=1S/C20H18F4N6S/c21-11-3-4-13(22)12(8-11)15-2-1-6-29(15)17-5-7-30-18(28-17)14(10-25-30)26-19(31)27-16-9-20(16,23)24/h3-5,7-8,10,15-16H,1-2,6,9H2,(H2,26,27,31)/t15-,16?/m1/s1. The maximum atomic E-state index is 14.4. The Balaban J connectivity index is 1.41. The maximum Gasteiger partial charge on any atom is 0.270 e. The number of thiocarbonyl (C=S) groups is 1. The van der Waals surface area contributed by atoms with Crippen LogP contribution < -0.4 is 15.5 Å². The molecule has 1 aliphatic heterocycles. The average molecular weight is 450 g/mol. The van der Waals surface area contributed by atoms with Crippen LogP contribution in [0.15, 0.2) is 36.7 Å². The van der Waals surface area contributed by atoms with E-state index in [1.165, 1.54) is 16.8 Å². The van der Waals surface area contributed by atoms with Crippen molar-refractivity contribution in [2.45, 2.75) is 37.3 Å². The summed E-state index contributed by atoms with van der Waals surface area (Å²) in [4.78, 5) is 6.56. The largest absolute Gasteiger partial charge is 0.353 e. The molecular weight excluding hydrogens is 432 g/mol. The number of alkyl halides is 2. The fourth-order valence-corrected chi connectivity index (χ4v) is 4.18. The molecule has 3 heterocycles. The molecule has 1 aromatic carbocycles. The lowest BCUT2D eigenvalue weighted by molar-refractivity contribution is 0.110. The number of fused-ring (bicyclic) bond motifs is 1. The van der Waals surface area contributed by atoms with Crippen molar-refractivity contribution in [1.29, 1.82) is 0 Å².